The van der Waals surface area contributed by atoms with Crippen molar-refractivity contribution in [3.63, 3.8) is 0 Å². The van der Waals surface area contributed by atoms with Crippen LogP contribution in [0.4, 0.5) is 5.69 Å². The van der Waals surface area contributed by atoms with Gasteiger partial charge in [-0.3, -0.25) is 4.79 Å². The van der Waals surface area contributed by atoms with Crippen LogP contribution in [0.1, 0.15) is 26.7 Å². The van der Waals surface area contributed by atoms with Crippen molar-refractivity contribution in [3.8, 4) is 0 Å². The van der Waals surface area contributed by atoms with Crippen LogP contribution in [0, 0.1) is 0 Å². The second kappa shape index (κ2) is 6.05. The summed E-state index contributed by atoms with van der Waals surface area (Å²) in [5.74, 6) is 0.0568. The van der Waals surface area contributed by atoms with Gasteiger partial charge in [0.15, 0.2) is 0 Å². The van der Waals surface area contributed by atoms with Crippen LogP contribution >= 0.6 is 0 Å². The Balaban J connectivity index is 2.68. The predicted molar refractivity (Wildman–Crippen MR) is 64.4 cm³/mol. The Morgan fingerprint density at radius 1 is 1.12 bits per heavy atom. The normalized spacial score (nSPS) is 9.88. The fourth-order valence-electron chi connectivity index (χ4n) is 1.53. The molecule has 0 heterocycles. The summed E-state index contributed by atoms with van der Waals surface area (Å²) in [5, 5.41) is 0. The molecule has 0 aliphatic rings. The standard InChI is InChI=1S/C13H17NO2/c1-3-14(12-7-5-4-6-8-12)13(16)10-9-11(2)15/h4-8H,3,9-10H2,1-2H3. The first-order valence-corrected chi connectivity index (χ1v) is 5.50. The second-order valence-electron chi connectivity index (χ2n) is 3.68. The molecule has 1 amide bonds. The van der Waals surface area contributed by atoms with Gasteiger partial charge in [0, 0.05) is 25.1 Å². The van der Waals surface area contributed by atoms with Crippen LogP contribution in [0.5, 0.6) is 0 Å². The average molecular weight is 219 g/mol. The van der Waals surface area contributed by atoms with Gasteiger partial charge in [-0.2, -0.15) is 0 Å². The molecule has 0 bridgehead atoms. The summed E-state index contributed by atoms with van der Waals surface area (Å²) in [6.45, 7) is 4.06. The summed E-state index contributed by atoms with van der Waals surface area (Å²) >= 11 is 0. The van der Waals surface area contributed by atoms with Crippen molar-refractivity contribution >= 4 is 17.4 Å². The molecule has 16 heavy (non-hydrogen) atoms. The number of hydrogen-bond donors (Lipinski definition) is 0. The minimum Gasteiger partial charge on any atom is -0.313 e. The van der Waals surface area contributed by atoms with Gasteiger partial charge in [-0.1, -0.05) is 18.2 Å². The Labute approximate surface area is 96.1 Å². The predicted octanol–water partition coefficient (Wildman–Crippen LogP) is 2.41. The molecular formula is C13H17NO2. The van der Waals surface area contributed by atoms with E-state index < -0.39 is 0 Å². The molecule has 0 aliphatic carbocycles. The zero-order chi connectivity index (χ0) is 12.0. The minimum atomic E-state index is 0.00361. The van der Waals surface area contributed by atoms with Crippen molar-refractivity contribution in [1.29, 1.82) is 0 Å². The number of para-hydroxylation sites is 1. The van der Waals surface area contributed by atoms with Crippen LogP contribution in [0.25, 0.3) is 0 Å². The van der Waals surface area contributed by atoms with Gasteiger partial charge in [0.05, 0.1) is 0 Å². The summed E-state index contributed by atoms with van der Waals surface area (Å²) in [6, 6.07) is 9.51. The van der Waals surface area contributed by atoms with Crippen LogP contribution in [0.2, 0.25) is 0 Å². The van der Waals surface area contributed by atoms with Crippen molar-refractivity contribution in [2.45, 2.75) is 26.7 Å². The smallest absolute Gasteiger partial charge is 0.227 e. The molecule has 0 saturated heterocycles. The van der Waals surface area contributed by atoms with Gasteiger partial charge in [-0.15, -0.1) is 0 Å². The number of hydrogen-bond acceptors (Lipinski definition) is 2. The number of ketones is 1. The molecule has 0 spiro atoms. The number of rotatable bonds is 5. The van der Waals surface area contributed by atoms with Gasteiger partial charge in [-0.05, 0) is 26.0 Å². The molecule has 0 N–H and O–H groups in total. The Hall–Kier alpha value is -1.64. The fraction of sp³-hybridized carbons (Fsp3) is 0.385. The van der Waals surface area contributed by atoms with Crippen LogP contribution in [-0.2, 0) is 9.59 Å². The third-order valence-electron chi connectivity index (χ3n) is 2.38. The third-order valence-corrected chi connectivity index (χ3v) is 2.38. The summed E-state index contributed by atoms with van der Waals surface area (Å²) in [5.41, 5.74) is 0.888. The third kappa shape index (κ3) is 3.50. The van der Waals surface area contributed by atoms with Crippen molar-refractivity contribution in [1.82, 2.24) is 0 Å². The molecule has 0 fully saturated rings. The van der Waals surface area contributed by atoms with Gasteiger partial charge in [-0.25, -0.2) is 0 Å². The first-order chi connectivity index (χ1) is 7.65. The van der Waals surface area contributed by atoms with Gasteiger partial charge < -0.3 is 9.69 Å². The van der Waals surface area contributed by atoms with E-state index in [0.29, 0.717) is 13.0 Å². The average Bonchev–Trinajstić information content (AvgIpc) is 2.29. The van der Waals surface area contributed by atoms with Crippen LogP contribution < -0.4 is 4.90 Å². The molecule has 0 saturated carbocycles. The number of benzene rings is 1. The van der Waals surface area contributed by atoms with Gasteiger partial charge in [0.25, 0.3) is 0 Å². The van der Waals surface area contributed by atoms with Crippen molar-refractivity contribution < 1.29 is 9.59 Å². The lowest BCUT2D eigenvalue weighted by Crippen LogP contribution is -2.30. The highest BCUT2D eigenvalue weighted by atomic mass is 16.2. The molecule has 1 aromatic rings. The summed E-state index contributed by atoms with van der Waals surface area (Å²) in [4.78, 5) is 24.4. The molecule has 0 atom stereocenters. The van der Waals surface area contributed by atoms with E-state index in [2.05, 4.69) is 0 Å². The SMILES string of the molecule is CCN(C(=O)CCC(C)=O)c1ccccc1. The Kier molecular flexibility index (Phi) is 4.70. The van der Waals surface area contributed by atoms with Gasteiger partial charge in [0.2, 0.25) is 5.91 Å². The molecule has 1 aromatic carbocycles. The molecule has 3 nitrogen and oxygen atoms in total. The highest BCUT2D eigenvalue weighted by molar-refractivity contribution is 5.95. The minimum absolute atomic E-state index is 0.00361. The molecule has 0 aliphatic heterocycles. The molecule has 0 aromatic heterocycles. The summed E-state index contributed by atoms with van der Waals surface area (Å²) in [6.07, 6.45) is 0.611. The molecular weight excluding hydrogens is 202 g/mol. The highest BCUT2D eigenvalue weighted by Gasteiger charge is 2.13. The zero-order valence-electron chi connectivity index (χ0n) is 9.77. The maximum absolute atomic E-state index is 11.9. The van der Waals surface area contributed by atoms with E-state index in [4.69, 9.17) is 0 Å². The van der Waals surface area contributed by atoms with E-state index in [1.165, 1.54) is 6.92 Å². The fourth-order valence-corrected chi connectivity index (χ4v) is 1.53. The van der Waals surface area contributed by atoms with E-state index in [9.17, 15) is 9.59 Å². The topological polar surface area (TPSA) is 37.4 Å². The lowest BCUT2D eigenvalue weighted by atomic mass is 10.2. The number of nitrogens with zero attached hydrogens (tertiary/aromatic N) is 1. The van der Waals surface area contributed by atoms with Crippen molar-refractivity contribution in [3.05, 3.63) is 30.3 Å². The van der Waals surface area contributed by atoms with E-state index in [0.717, 1.165) is 5.69 Å². The van der Waals surface area contributed by atoms with Crippen LogP contribution in [0.3, 0.4) is 0 Å². The lowest BCUT2D eigenvalue weighted by molar-refractivity contribution is -0.123. The van der Waals surface area contributed by atoms with Crippen LogP contribution in [0.15, 0.2) is 30.3 Å². The number of carbonyl (C=O) groups is 2. The highest BCUT2D eigenvalue weighted by Crippen LogP contribution is 2.14. The van der Waals surface area contributed by atoms with E-state index >= 15 is 0 Å². The number of anilines is 1. The number of carbonyl (C=O) groups excluding carboxylic acids is 2. The lowest BCUT2D eigenvalue weighted by Gasteiger charge is -2.20. The summed E-state index contributed by atoms with van der Waals surface area (Å²) < 4.78 is 0. The van der Waals surface area contributed by atoms with Gasteiger partial charge in [0.1, 0.15) is 5.78 Å². The maximum Gasteiger partial charge on any atom is 0.227 e. The van der Waals surface area contributed by atoms with E-state index in [-0.39, 0.29) is 18.1 Å². The zero-order valence-corrected chi connectivity index (χ0v) is 9.77. The first kappa shape index (κ1) is 12.4. The Morgan fingerprint density at radius 3 is 2.25 bits per heavy atom. The van der Waals surface area contributed by atoms with Crippen molar-refractivity contribution in [2.75, 3.05) is 11.4 Å². The molecule has 3 heteroatoms. The number of amides is 1. The summed E-state index contributed by atoms with van der Waals surface area (Å²) in [7, 11) is 0. The first-order valence-electron chi connectivity index (χ1n) is 5.50. The van der Waals surface area contributed by atoms with Crippen LogP contribution in [-0.4, -0.2) is 18.2 Å². The quantitative estimate of drug-likeness (QED) is 0.762. The maximum atomic E-state index is 11.9. The molecule has 0 unspecified atom stereocenters. The second-order valence-corrected chi connectivity index (χ2v) is 3.68. The molecule has 0 radical (unpaired) electrons. The molecule has 1 rings (SSSR count). The Bertz CT molecular complexity index is 359. The largest absolute Gasteiger partial charge is 0.313 e. The molecule has 86 valence electrons. The Morgan fingerprint density at radius 2 is 1.75 bits per heavy atom. The van der Waals surface area contributed by atoms with E-state index in [1.54, 1.807) is 4.90 Å². The van der Waals surface area contributed by atoms with E-state index in [1.807, 2.05) is 37.3 Å². The monoisotopic (exact) mass is 219 g/mol. The van der Waals surface area contributed by atoms with Gasteiger partial charge >= 0.3 is 0 Å². The number of Topliss-reactive ketones (excluding diaryl/α,β-unsaturated/α-hetero) is 1. The van der Waals surface area contributed by atoms with Crippen molar-refractivity contribution in [2.24, 2.45) is 0 Å².